The third-order valence-corrected chi connectivity index (χ3v) is 3.89. The molecule has 27 heavy (non-hydrogen) atoms. The Kier molecular flexibility index (Phi) is 4.93. The number of fused-ring (bicyclic) bond motifs is 1. The van der Waals surface area contributed by atoms with Gasteiger partial charge in [0, 0.05) is 17.3 Å². The number of nitro groups is 1. The summed E-state index contributed by atoms with van der Waals surface area (Å²) in [5.74, 6) is -0.218. The molecule has 0 spiro atoms. The molecule has 0 saturated carbocycles. The van der Waals surface area contributed by atoms with E-state index in [1.165, 1.54) is 12.1 Å². The molecular formula is C18H17N3O6. The van der Waals surface area contributed by atoms with Gasteiger partial charge in [0.15, 0.2) is 11.9 Å². The molecule has 0 radical (unpaired) electrons. The van der Waals surface area contributed by atoms with E-state index in [0.717, 1.165) is 6.07 Å². The van der Waals surface area contributed by atoms with Gasteiger partial charge in [-0.1, -0.05) is 0 Å². The number of hydrogen-bond donors (Lipinski definition) is 2. The highest BCUT2D eigenvalue weighted by Crippen LogP contribution is 2.33. The molecule has 2 aromatic carbocycles. The number of hydrogen-bond acceptors (Lipinski definition) is 6. The minimum Gasteiger partial charge on any atom is -0.487 e. The minimum atomic E-state index is -0.602. The Hall–Kier alpha value is -3.62. The van der Waals surface area contributed by atoms with Crippen molar-refractivity contribution < 1.29 is 24.0 Å². The van der Waals surface area contributed by atoms with Gasteiger partial charge in [0.25, 0.3) is 11.8 Å². The van der Waals surface area contributed by atoms with Crippen LogP contribution in [0.5, 0.6) is 11.5 Å². The third kappa shape index (κ3) is 3.81. The van der Waals surface area contributed by atoms with E-state index in [9.17, 15) is 19.7 Å². The van der Waals surface area contributed by atoms with Gasteiger partial charge in [-0.05, 0) is 44.2 Å². The maximum absolute atomic E-state index is 12.4. The van der Waals surface area contributed by atoms with Crippen LogP contribution in [0.2, 0.25) is 0 Å². The number of anilines is 2. The number of nitrogens with one attached hydrogen (secondary N) is 2. The van der Waals surface area contributed by atoms with Gasteiger partial charge in [-0.25, -0.2) is 0 Å². The molecule has 140 valence electrons. The molecule has 1 heterocycles. The van der Waals surface area contributed by atoms with Crippen molar-refractivity contribution in [2.45, 2.75) is 20.0 Å². The van der Waals surface area contributed by atoms with Crippen molar-refractivity contribution in [2.75, 3.05) is 17.2 Å². The Bertz CT molecular complexity index is 927. The lowest BCUT2D eigenvalue weighted by molar-refractivity contribution is -0.385. The molecular weight excluding hydrogens is 354 g/mol. The van der Waals surface area contributed by atoms with Crippen molar-refractivity contribution >= 4 is 28.9 Å². The first-order chi connectivity index (χ1) is 12.9. The second-order valence-electron chi connectivity index (χ2n) is 5.79. The molecule has 0 aromatic heterocycles. The molecule has 0 bridgehead atoms. The summed E-state index contributed by atoms with van der Waals surface area (Å²) in [4.78, 5) is 34.7. The van der Waals surface area contributed by atoms with Crippen LogP contribution < -0.4 is 20.1 Å². The van der Waals surface area contributed by atoms with Crippen LogP contribution in [0, 0.1) is 10.1 Å². The predicted octanol–water partition coefficient (Wildman–Crippen LogP) is 2.97. The van der Waals surface area contributed by atoms with Crippen molar-refractivity contribution in [1.29, 1.82) is 0 Å². The zero-order chi connectivity index (χ0) is 19.6. The summed E-state index contributed by atoms with van der Waals surface area (Å²) >= 11 is 0. The summed E-state index contributed by atoms with van der Waals surface area (Å²) < 4.78 is 10.7. The zero-order valence-electron chi connectivity index (χ0n) is 14.6. The highest BCUT2D eigenvalue weighted by molar-refractivity contribution is 6.05. The molecule has 0 unspecified atom stereocenters. The fraction of sp³-hybridized carbons (Fsp3) is 0.222. The Morgan fingerprint density at radius 1 is 1.33 bits per heavy atom. The molecule has 2 aromatic rings. The Labute approximate surface area is 154 Å². The fourth-order valence-corrected chi connectivity index (χ4v) is 2.57. The molecule has 0 aliphatic carbocycles. The van der Waals surface area contributed by atoms with Gasteiger partial charge in [0.1, 0.15) is 5.75 Å². The molecule has 0 saturated heterocycles. The number of ether oxygens (including phenoxy) is 2. The number of carbonyl (C=O) groups excluding carboxylic acids is 2. The Morgan fingerprint density at radius 3 is 2.81 bits per heavy atom. The molecule has 2 amide bonds. The van der Waals surface area contributed by atoms with E-state index in [0.29, 0.717) is 17.1 Å². The van der Waals surface area contributed by atoms with Crippen molar-refractivity contribution in [3.05, 3.63) is 52.1 Å². The smallest absolute Gasteiger partial charge is 0.311 e. The van der Waals surface area contributed by atoms with Crippen LogP contribution in [-0.4, -0.2) is 29.4 Å². The zero-order valence-corrected chi connectivity index (χ0v) is 14.6. The molecule has 9 nitrogen and oxygen atoms in total. The first-order valence-electron chi connectivity index (χ1n) is 8.23. The molecule has 9 heteroatoms. The number of rotatable bonds is 5. The Balaban J connectivity index is 1.82. The van der Waals surface area contributed by atoms with Gasteiger partial charge in [0.05, 0.1) is 17.2 Å². The van der Waals surface area contributed by atoms with Crippen LogP contribution in [0.1, 0.15) is 24.2 Å². The summed E-state index contributed by atoms with van der Waals surface area (Å²) in [6, 6.07) is 8.79. The van der Waals surface area contributed by atoms with Gasteiger partial charge in [0.2, 0.25) is 0 Å². The second-order valence-corrected chi connectivity index (χ2v) is 5.79. The standard InChI is InChI=1S/C18H17N3O6/c1-3-26-16-6-4-11(8-14(16)21(24)25)18(23)19-12-5-7-15-13(9-12)20-17(22)10(2)27-15/h4-10H,3H2,1-2H3,(H,19,23)(H,20,22)/t10-/m1/s1. The van der Waals surface area contributed by atoms with E-state index in [2.05, 4.69) is 10.6 Å². The molecule has 1 aliphatic heterocycles. The van der Waals surface area contributed by atoms with Crippen molar-refractivity contribution in [3.8, 4) is 11.5 Å². The van der Waals surface area contributed by atoms with Gasteiger partial charge in [-0.15, -0.1) is 0 Å². The lowest BCUT2D eigenvalue weighted by Crippen LogP contribution is -2.34. The average Bonchev–Trinajstić information content (AvgIpc) is 2.63. The molecule has 2 N–H and O–H groups in total. The van der Waals surface area contributed by atoms with Gasteiger partial charge < -0.3 is 20.1 Å². The van der Waals surface area contributed by atoms with Crippen LogP contribution in [0.4, 0.5) is 17.1 Å². The summed E-state index contributed by atoms with van der Waals surface area (Å²) in [6.45, 7) is 3.62. The summed E-state index contributed by atoms with van der Waals surface area (Å²) in [7, 11) is 0. The van der Waals surface area contributed by atoms with Crippen LogP contribution in [0.3, 0.4) is 0 Å². The van der Waals surface area contributed by atoms with E-state index in [4.69, 9.17) is 9.47 Å². The highest BCUT2D eigenvalue weighted by Gasteiger charge is 2.24. The Morgan fingerprint density at radius 2 is 2.11 bits per heavy atom. The van der Waals surface area contributed by atoms with Gasteiger partial charge >= 0.3 is 5.69 Å². The lowest BCUT2D eigenvalue weighted by Gasteiger charge is -2.23. The quantitative estimate of drug-likeness (QED) is 0.616. The number of carbonyl (C=O) groups is 2. The number of benzene rings is 2. The number of amides is 2. The maximum atomic E-state index is 12.4. The summed E-state index contributed by atoms with van der Waals surface area (Å²) in [6.07, 6.45) is -0.595. The monoisotopic (exact) mass is 371 g/mol. The molecule has 1 aliphatic rings. The first kappa shape index (κ1) is 18.2. The van der Waals surface area contributed by atoms with E-state index < -0.39 is 16.9 Å². The van der Waals surface area contributed by atoms with E-state index >= 15 is 0 Å². The first-order valence-corrected chi connectivity index (χ1v) is 8.23. The van der Waals surface area contributed by atoms with E-state index in [-0.39, 0.29) is 29.5 Å². The summed E-state index contributed by atoms with van der Waals surface area (Å²) in [5.41, 5.74) is 0.670. The number of nitro benzene ring substituents is 1. The molecule has 3 rings (SSSR count). The van der Waals surface area contributed by atoms with E-state index in [1.54, 1.807) is 32.0 Å². The van der Waals surface area contributed by atoms with Crippen molar-refractivity contribution in [1.82, 2.24) is 0 Å². The largest absolute Gasteiger partial charge is 0.487 e. The SMILES string of the molecule is CCOc1ccc(C(=O)Nc2ccc3c(c2)NC(=O)[C@@H](C)O3)cc1[N+](=O)[O-]. The topological polar surface area (TPSA) is 120 Å². The van der Waals surface area contributed by atoms with Crippen LogP contribution in [0.15, 0.2) is 36.4 Å². The van der Waals surface area contributed by atoms with Gasteiger partial charge in [-0.3, -0.25) is 19.7 Å². The minimum absolute atomic E-state index is 0.0989. The van der Waals surface area contributed by atoms with Gasteiger partial charge in [-0.2, -0.15) is 0 Å². The normalized spacial score (nSPS) is 15.2. The fourth-order valence-electron chi connectivity index (χ4n) is 2.57. The molecule has 0 fully saturated rings. The average molecular weight is 371 g/mol. The van der Waals surface area contributed by atoms with E-state index in [1.807, 2.05) is 0 Å². The van der Waals surface area contributed by atoms with Crippen LogP contribution in [0.25, 0.3) is 0 Å². The highest BCUT2D eigenvalue weighted by atomic mass is 16.6. The van der Waals surface area contributed by atoms with Crippen molar-refractivity contribution in [2.24, 2.45) is 0 Å². The predicted molar refractivity (Wildman–Crippen MR) is 97.4 cm³/mol. The number of nitrogens with zero attached hydrogens (tertiary/aromatic N) is 1. The van der Waals surface area contributed by atoms with Crippen molar-refractivity contribution in [3.63, 3.8) is 0 Å². The van der Waals surface area contributed by atoms with Crippen LogP contribution >= 0.6 is 0 Å². The second kappa shape index (κ2) is 7.32. The maximum Gasteiger partial charge on any atom is 0.311 e. The lowest BCUT2D eigenvalue weighted by atomic mass is 10.1. The molecule has 1 atom stereocenters. The third-order valence-electron chi connectivity index (χ3n) is 3.89. The van der Waals surface area contributed by atoms with Crippen LogP contribution in [-0.2, 0) is 4.79 Å². The summed E-state index contributed by atoms with van der Waals surface area (Å²) in [5, 5.41) is 16.5.